The molecule has 0 saturated carbocycles. The Balaban J connectivity index is 1.36. The lowest BCUT2D eigenvalue weighted by atomic mass is 9.86. The van der Waals surface area contributed by atoms with Crippen molar-refractivity contribution >= 4 is 43.6 Å². The van der Waals surface area contributed by atoms with E-state index in [0.29, 0.717) is 17.6 Å². The van der Waals surface area contributed by atoms with Crippen molar-refractivity contribution in [2.24, 2.45) is 0 Å². The lowest BCUT2D eigenvalue weighted by Gasteiger charge is -2.20. The molecule has 9 rings (SSSR count). The van der Waals surface area contributed by atoms with Crippen LogP contribution in [0, 0.1) is 0 Å². The van der Waals surface area contributed by atoms with E-state index < -0.39 is 0 Å². The molecular weight excluding hydrogens is 635 g/mol. The fraction of sp³-hybridized carbons (Fsp3) is 0.170. The van der Waals surface area contributed by atoms with Crippen molar-refractivity contribution in [3.05, 3.63) is 151 Å². The lowest BCUT2D eigenvalue weighted by molar-refractivity contribution is 0.590. The van der Waals surface area contributed by atoms with E-state index in [2.05, 4.69) is 172 Å². The molecule has 9 aromatic rings. The summed E-state index contributed by atoms with van der Waals surface area (Å²) in [7, 11) is 0. The summed E-state index contributed by atoms with van der Waals surface area (Å²) in [4.78, 5) is 15.8. The first-order chi connectivity index (χ1) is 25.1. The number of rotatable bonds is 4. The van der Waals surface area contributed by atoms with Gasteiger partial charge >= 0.3 is 0 Å². The smallest absolute Gasteiger partial charge is 0.238 e. The summed E-state index contributed by atoms with van der Waals surface area (Å²) in [6.45, 7) is 13.6. The quantitative estimate of drug-likeness (QED) is 0.187. The molecule has 0 unspecified atom stereocenters. The Morgan fingerprint density at radius 1 is 0.404 bits per heavy atom. The largest absolute Gasteiger partial charge is 0.308 e. The fourth-order valence-corrected chi connectivity index (χ4v) is 7.51. The van der Waals surface area contributed by atoms with Gasteiger partial charge in [0, 0.05) is 32.7 Å². The molecule has 5 heteroatoms. The number of aromatic nitrogens is 5. The fourth-order valence-electron chi connectivity index (χ4n) is 7.51. The number of hydrogen-bond acceptors (Lipinski definition) is 3. The van der Waals surface area contributed by atoms with E-state index in [-0.39, 0.29) is 10.8 Å². The molecule has 0 spiro atoms. The van der Waals surface area contributed by atoms with Crippen LogP contribution < -0.4 is 0 Å². The van der Waals surface area contributed by atoms with Gasteiger partial charge in [0.15, 0.2) is 11.6 Å². The second kappa shape index (κ2) is 11.7. The van der Waals surface area contributed by atoms with Crippen LogP contribution in [0.4, 0.5) is 0 Å². The topological polar surface area (TPSA) is 48.5 Å². The summed E-state index contributed by atoms with van der Waals surface area (Å²) in [5.74, 6) is 1.84. The molecule has 6 aromatic carbocycles. The molecule has 0 radical (unpaired) electrons. The zero-order chi connectivity index (χ0) is 35.8. The molecule has 0 N–H and O–H groups in total. The maximum atomic E-state index is 5.38. The lowest BCUT2D eigenvalue weighted by Crippen LogP contribution is -2.11. The minimum atomic E-state index is -0.0248. The maximum absolute atomic E-state index is 5.38. The monoisotopic (exact) mass is 675 g/mol. The third-order valence-electron chi connectivity index (χ3n) is 10.3. The summed E-state index contributed by atoms with van der Waals surface area (Å²) in [5, 5.41) is 4.78. The van der Waals surface area contributed by atoms with E-state index in [0.717, 1.165) is 38.9 Å². The van der Waals surface area contributed by atoms with Crippen molar-refractivity contribution in [3.8, 4) is 34.4 Å². The summed E-state index contributed by atoms with van der Waals surface area (Å²) >= 11 is 0. The zero-order valence-corrected chi connectivity index (χ0v) is 30.5. The van der Waals surface area contributed by atoms with Gasteiger partial charge in [0.1, 0.15) is 0 Å². The molecule has 0 aliphatic heterocycles. The molecule has 3 heterocycles. The van der Waals surface area contributed by atoms with Crippen LogP contribution in [0.15, 0.2) is 140 Å². The number of para-hydroxylation sites is 3. The highest BCUT2D eigenvalue weighted by Crippen LogP contribution is 2.39. The molecule has 0 fully saturated rings. The number of nitrogens with zero attached hydrogens (tertiary/aromatic N) is 5. The van der Waals surface area contributed by atoms with Gasteiger partial charge in [0.2, 0.25) is 5.95 Å². The van der Waals surface area contributed by atoms with Crippen molar-refractivity contribution in [2.45, 2.75) is 52.4 Å². The predicted molar refractivity (Wildman–Crippen MR) is 217 cm³/mol. The average Bonchev–Trinajstić information content (AvgIpc) is 3.66. The van der Waals surface area contributed by atoms with Gasteiger partial charge in [0.05, 0.1) is 27.8 Å². The minimum absolute atomic E-state index is 0.00213. The highest BCUT2D eigenvalue weighted by Gasteiger charge is 2.23. The Morgan fingerprint density at radius 2 is 0.885 bits per heavy atom. The van der Waals surface area contributed by atoms with E-state index in [9.17, 15) is 0 Å². The molecule has 3 aromatic heterocycles. The molecule has 254 valence electrons. The molecule has 5 nitrogen and oxygen atoms in total. The highest BCUT2D eigenvalue weighted by molar-refractivity contribution is 6.10. The molecule has 0 saturated heterocycles. The van der Waals surface area contributed by atoms with Crippen molar-refractivity contribution in [2.75, 3.05) is 0 Å². The van der Waals surface area contributed by atoms with Crippen LogP contribution in [0.5, 0.6) is 0 Å². The van der Waals surface area contributed by atoms with Gasteiger partial charge in [0.25, 0.3) is 0 Å². The molecule has 52 heavy (non-hydrogen) atoms. The van der Waals surface area contributed by atoms with Gasteiger partial charge in [-0.15, -0.1) is 0 Å². The van der Waals surface area contributed by atoms with E-state index in [4.69, 9.17) is 15.0 Å². The Bertz CT molecular complexity index is 2810. The van der Waals surface area contributed by atoms with Crippen molar-refractivity contribution < 1.29 is 0 Å². The molecule has 0 bridgehead atoms. The predicted octanol–water partition coefficient (Wildman–Crippen LogP) is 12.0. The molecule has 0 amide bonds. The average molecular weight is 676 g/mol. The van der Waals surface area contributed by atoms with E-state index in [1.165, 1.54) is 32.7 Å². The Hall–Kier alpha value is -6.07. The van der Waals surface area contributed by atoms with Gasteiger partial charge in [-0.1, -0.05) is 145 Å². The van der Waals surface area contributed by atoms with Crippen molar-refractivity contribution in [1.29, 1.82) is 0 Å². The molecule has 0 atom stereocenters. The van der Waals surface area contributed by atoms with Crippen molar-refractivity contribution in [3.63, 3.8) is 0 Å². The maximum Gasteiger partial charge on any atom is 0.238 e. The summed E-state index contributed by atoms with van der Waals surface area (Å²) in [6.07, 6.45) is 0. The van der Waals surface area contributed by atoms with E-state index in [1.54, 1.807) is 0 Å². The Labute approximate surface area is 304 Å². The molecule has 0 aliphatic rings. The summed E-state index contributed by atoms with van der Waals surface area (Å²) in [5.41, 5.74) is 9.86. The third-order valence-corrected chi connectivity index (χ3v) is 10.3. The standard InChI is InChI=1S/C47H41N5/c1-46(2,3)31-24-26-35-33-18-10-13-21-38(33)51(41(35)28-31)40-23-15-12-20-37(40)44-48-43(30-16-8-7-9-17-30)49-45(50-44)52-39-22-14-11-19-34(39)36-27-25-32(29-42(36)52)47(4,5)6/h7-29H,1-6H3. The van der Waals surface area contributed by atoms with E-state index >= 15 is 0 Å². The van der Waals surface area contributed by atoms with Gasteiger partial charge in [-0.2, -0.15) is 9.97 Å². The van der Waals surface area contributed by atoms with Gasteiger partial charge < -0.3 is 4.57 Å². The summed E-state index contributed by atoms with van der Waals surface area (Å²) in [6, 6.07) is 49.7. The normalized spacial score (nSPS) is 12.4. The number of hydrogen-bond donors (Lipinski definition) is 0. The van der Waals surface area contributed by atoms with Crippen molar-refractivity contribution in [1.82, 2.24) is 24.1 Å². The first-order valence-corrected chi connectivity index (χ1v) is 18.1. The van der Waals surface area contributed by atoms with Crippen LogP contribution >= 0.6 is 0 Å². The van der Waals surface area contributed by atoms with Crippen LogP contribution in [-0.2, 0) is 10.8 Å². The minimum Gasteiger partial charge on any atom is -0.308 e. The van der Waals surface area contributed by atoms with Gasteiger partial charge in [-0.3, -0.25) is 4.57 Å². The van der Waals surface area contributed by atoms with E-state index in [1.807, 2.05) is 18.2 Å². The first-order valence-electron chi connectivity index (χ1n) is 18.1. The third kappa shape index (κ3) is 5.19. The number of fused-ring (bicyclic) bond motifs is 6. The zero-order valence-electron chi connectivity index (χ0n) is 30.5. The van der Waals surface area contributed by atoms with Crippen LogP contribution in [0.2, 0.25) is 0 Å². The molecular formula is C47H41N5. The second-order valence-corrected chi connectivity index (χ2v) is 15.8. The van der Waals surface area contributed by atoms with Crippen LogP contribution in [0.25, 0.3) is 78.0 Å². The number of benzene rings is 6. The van der Waals surface area contributed by atoms with Crippen LogP contribution in [-0.4, -0.2) is 24.1 Å². The molecule has 0 aliphatic carbocycles. The SMILES string of the molecule is CC(C)(C)c1ccc2c3ccccc3n(-c3nc(-c4ccccc4)nc(-c4ccccc4-n4c5ccccc5c5ccc(C(C)(C)C)cc54)n3)c2c1. The van der Waals surface area contributed by atoms with Crippen LogP contribution in [0.1, 0.15) is 52.7 Å². The Morgan fingerprint density at radius 3 is 1.50 bits per heavy atom. The van der Waals surface area contributed by atoms with Gasteiger partial charge in [-0.25, -0.2) is 4.98 Å². The highest BCUT2D eigenvalue weighted by atomic mass is 15.2. The first kappa shape index (κ1) is 31.9. The van der Waals surface area contributed by atoms with Crippen LogP contribution in [0.3, 0.4) is 0 Å². The van der Waals surface area contributed by atoms with Gasteiger partial charge in [-0.05, 0) is 58.4 Å². The summed E-state index contributed by atoms with van der Waals surface area (Å²) < 4.78 is 4.60. The Kier molecular flexibility index (Phi) is 7.20. The second-order valence-electron chi connectivity index (χ2n) is 15.8.